The second-order valence-corrected chi connectivity index (χ2v) is 3.78. The molecule has 0 unspecified atom stereocenters. The lowest BCUT2D eigenvalue weighted by atomic mass is 10.1. The molecule has 2 rings (SSSR count). The van der Waals surface area contributed by atoms with E-state index in [1.807, 2.05) is 0 Å². The Kier molecular flexibility index (Phi) is 3.85. The third-order valence-electron chi connectivity index (χ3n) is 2.53. The van der Waals surface area contributed by atoms with Gasteiger partial charge in [-0.2, -0.15) is 0 Å². The molecular weight excluding hydrogens is 262 g/mol. The van der Waals surface area contributed by atoms with E-state index in [4.69, 9.17) is 0 Å². The number of nitro groups is 1. The summed E-state index contributed by atoms with van der Waals surface area (Å²) in [5, 5.41) is 16.0. The lowest BCUT2D eigenvalue weighted by Gasteiger charge is -2.06. The van der Waals surface area contributed by atoms with Gasteiger partial charge in [0, 0.05) is 31.1 Å². The SMILES string of the molecule is CNc1cc(C(=O)Nc2cnccn2)ccc1[N+](=O)[O-]. The quantitative estimate of drug-likeness (QED) is 0.647. The van der Waals surface area contributed by atoms with Crippen LogP contribution in [0.2, 0.25) is 0 Å². The lowest BCUT2D eigenvalue weighted by molar-refractivity contribution is -0.383. The molecule has 2 aromatic rings. The van der Waals surface area contributed by atoms with Crippen LogP contribution in [0, 0.1) is 10.1 Å². The molecule has 1 aromatic carbocycles. The summed E-state index contributed by atoms with van der Waals surface area (Å²) in [6.45, 7) is 0. The number of hydrogen-bond acceptors (Lipinski definition) is 6. The van der Waals surface area contributed by atoms with Crippen molar-refractivity contribution in [3.05, 3.63) is 52.5 Å². The summed E-state index contributed by atoms with van der Waals surface area (Å²) in [7, 11) is 1.55. The molecule has 8 heteroatoms. The second kappa shape index (κ2) is 5.74. The average Bonchev–Trinajstić information content (AvgIpc) is 2.47. The lowest BCUT2D eigenvalue weighted by Crippen LogP contribution is -2.13. The van der Waals surface area contributed by atoms with Gasteiger partial charge in [-0.15, -0.1) is 0 Å². The Balaban J connectivity index is 2.25. The smallest absolute Gasteiger partial charge is 0.292 e. The zero-order valence-corrected chi connectivity index (χ0v) is 10.5. The van der Waals surface area contributed by atoms with Crippen molar-refractivity contribution in [1.82, 2.24) is 9.97 Å². The third kappa shape index (κ3) is 2.86. The van der Waals surface area contributed by atoms with E-state index in [1.165, 1.54) is 36.8 Å². The first-order chi connectivity index (χ1) is 9.61. The van der Waals surface area contributed by atoms with E-state index in [-0.39, 0.29) is 16.9 Å². The fourth-order valence-corrected chi connectivity index (χ4v) is 1.59. The minimum Gasteiger partial charge on any atom is -0.383 e. The van der Waals surface area contributed by atoms with Crippen molar-refractivity contribution in [3.63, 3.8) is 0 Å². The number of nitrogens with one attached hydrogen (secondary N) is 2. The van der Waals surface area contributed by atoms with Crippen LogP contribution >= 0.6 is 0 Å². The molecule has 0 aliphatic carbocycles. The largest absolute Gasteiger partial charge is 0.383 e. The summed E-state index contributed by atoms with van der Waals surface area (Å²) in [6.07, 6.45) is 4.34. The number of amides is 1. The summed E-state index contributed by atoms with van der Waals surface area (Å²) in [5.41, 5.74) is 0.455. The number of nitro benzene ring substituents is 1. The van der Waals surface area contributed by atoms with Crippen LogP contribution in [0.25, 0.3) is 0 Å². The van der Waals surface area contributed by atoms with Crippen molar-refractivity contribution in [3.8, 4) is 0 Å². The first-order valence-corrected chi connectivity index (χ1v) is 5.65. The van der Waals surface area contributed by atoms with E-state index in [1.54, 1.807) is 7.05 Å². The van der Waals surface area contributed by atoms with Crippen LogP contribution in [-0.4, -0.2) is 27.8 Å². The van der Waals surface area contributed by atoms with E-state index in [0.717, 1.165) is 0 Å². The van der Waals surface area contributed by atoms with Gasteiger partial charge in [0.05, 0.1) is 11.1 Å². The Morgan fingerprint density at radius 1 is 1.35 bits per heavy atom. The van der Waals surface area contributed by atoms with Gasteiger partial charge < -0.3 is 10.6 Å². The molecule has 1 amide bonds. The maximum absolute atomic E-state index is 12.0. The van der Waals surface area contributed by atoms with Gasteiger partial charge in [-0.3, -0.25) is 19.9 Å². The molecule has 0 fully saturated rings. The number of nitrogens with zero attached hydrogens (tertiary/aromatic N) is 3. The van der Waals surface area contributed by atoms with Crippen molar-refractivity contribution in [2.45, 2.75) is 0 Å². The van der Waals surface area contributed by atoms with Crippen LogP contribution in [-0.2, 0) is 0 Å². The topological polar surface area (TPSA) is 110 Å². The predicted molar refractivity (Wildman–Crippen MR) is 72.6 cm³/mol. The molecule has 2 N–H and O–H groups in total. The van der Waals surface area contributed by atoms with Crippen molar-refractivity contribution in [2.75, 3.05) is 17.7 Å². The Hall–Kier alpha value is -3.03. The summed E-state index contributed by atoms with van der Waals surface area (Å²) >= 11 is 0. The van der Waals surface area contributed by atoms with Crippen molar-refractivity contribution in [1.29, 1.82) is 0 Å². The number of rotatable bonds is 4. The molecule has 1 aromatic heterocycles. The van der Waals surface area contributed by atoms with Gasteiger partial charge in [0.25, 0.3) is 11.6 Å². The monoisotopic (exact) mass is 273 g/mol. The summed E-state index contributed by atoms with van der Waals surface area (Å²) < 4.78 is 0. The normalized spacial score (nSPS) is 9.85. The highest BCUT2D eigenvalue weighted by atomic mass is 16.6. The highest BCUT2D eigenvalue weighted by Gasteiger charge is 2.16. The van der Waals surface area contributed by atoms with Gasteiger partial charge in [-0.1, -0.05) is 0 Å². The predicted octanol–water partition coefficient (Wildman–Crippen LogP) is 1.68. The van der Waals surface area contributed by atoms with Crippen LogP contribution in [0.3, 0.4) is 0 Å². The van der Waals surface area contributed by atoms with Gasteiger partial charge >= 0.3 is 0 Å². The van der Waals surface area contributed by atoms with E-state index in [9.17, 15) is 14.9 Å². The Bertz CT molecular complexity index is 645. The van der Waals surface area contributed by atoms with Crippen LogP contribution in [0.5, 0.6) is 0 Å². The summed E-state index contributed by atoms with van der Waals surface area (Å²) in [5.74, 6) is -0.112. The summed E-state index contributed by atoms with van der Waals surface area (Å²) in [4.78, 5) is 30.0. The molecule has 0 radical (unpaired) electrons. The first-order valence-electron chi connectivity index (χ1n) is 5.65. The number of hydrogen-bond donors (Lipinski definition) is 2. The molecule has 8 nitrogen and oxygen atoms in total. The Labute approximate surface area is 114 Å². The fourth-order valence-electron chi connectivity index (χ4n) is 1.59. The molecule has 102 valence electrons. The van der Waals surface area contributed by atoms with Gasteiger partial charge in [0.2, 0.25) is 0 Å². The zero-order chi connectivity index (χ0) is 14.5. The minimum absolute atomic E-state index is 0.0939. The molecule has 0 spiro atoms. The standard InChI is InChI=1S/C12H11N5O3/c1-13-9-6-8(2-3-10(9)17(19)20)12(18)16-11-7-14-4-5-15-11/h2-7,13H,1H3,(H,15,16,18). The van der Waals surface area contributed by atoms with Crippen molar-refractivity contribution < 1.29 is 9.72 Å². The van der Waals surface area contributed by atoms with Crippen LogP contribution < -0.4 is 10.6 Å². The first kappa shape index (κ1) is 13.4. The number of benzene rings is 1. The molecule has 0 bridgehead atoms. The number of carbonyl (C=O) groups is 1. The number of aromatic nitrogens is 2. The highest BCUT2D eigenvalue weighted by Crippen LogP contribution is 2.25. The molecule has 0 saturated carbocycles. The van der Waals surface area contributed by atoms with E-state index in [0.29, 0.717) is 5.82 Å². The molecule has 0 aliphatic rings. The molecule has 1 heterocycles. The fraction of sp³-hybridized carbons (Fsp3) is 0.0833. The Morgan fingerprint density at radius 2 is 2.15 bits per heavy atom. The second-order valence-electron chi connectivity index (χ2n) is 3.78. The maximum atomic E-state index is 12.0. The van der Waals surface area contributed by atoms with Crippen molar-refractivity contribution >= 4 is 23.1 Å². The van der Waals surface area contributed by atoms with E-state index < -0.39 is 10.8 Å². The number of anilines is 2. The van der Waals surface area contributed by atoms with E-state index >= 15 is 0 Å². The third-order valence-corrected chi connectivity index (χ3v) is 2.53. The van der Waals surface area contributed by atoms with Crippen molar-refractivity contribution in [2.24, 2.45) is 0 Å². The van der Waals surface area contributed by atoms with Crippen LogP contribution in [0.4, 0.5) is 17.2 Å². The maximum Gasteiger partial charge on any atom is 0.292 e. The molecule has 0 saturated heterocycles. The minimum atomic E-state index is -0.518. The van der Waals surface area contributed by atoms with Gasteiger partial charge in [-0.25, -0.2) is 4.98 Å². The molecule has 0 aliphatic heterocycles. The highest BCUT2D eigenvalue weighted by molar-refractivity contribution is 6.04. The molecular formula is C12H11N5O3. The molecule has 0 atom stereocenters. The van der Waals surface area contributed by atoms with Crippen LogP contribution in [0.15, 0.2) is 36.8 Å². The Morgan fingerprint density at radius 3 is 2.75 bits per heavy atom. The molecule has 20 heavy (non-hydrogen) atoms. The zero-order valence-electron chi connectivity index (χ0n) is 10.5. The van der Waals surface area contributed by atoms with Crippen LogP contribution in [0.1, 0.15) is 10.4 Å². The van der Waals surface area contributed by atoms with Gasteiger partial charge in [0.1, 0.15) is 5.69 Å². The number of carbonyl (C=O) groups excluding carboxylic acids is 1. The van der Waals surface area contributed by atoms with Gasteiger partial charge in [0.15, 0.2) is 5.82 Å². The summed E-state index contributed by atoms with van der Waals surface area (Å²) in [6, 6.07) is 4.06. The van der Waals surface area contributed by atoms with E-state index in [2.05, 4.69) is 20.6 Å². The van der Waals surface area contributed by atoms with Gasteiger partial charge in [-0.05, 0) is 12.1 Å². The average molecular weight is 273 g/mol.